The van der Waals surface area contributed by atoms with E-state index in [0.717, 1.165) is 21.9 Å². The molecule has 0 aliphatic heterocycles. The van der Waals surface area contributed by atoms with Crippen LogP contribution in [0.1, 0.15) is 11.3 Å². The molecule has 0 saturated heterocycles. The van der Waals surface area contributed by atoms with Gasteiger partial charge in [0.1, 0.15) is 16.5 Å². The van der Waals surface area contributed by atoms with Gasteiger partial charge in [0.15, 0.2) is 0 Å². The molecule has 2 aromatic carbocycles. The first-order valence-electron chi connectivity index (χ1n) is 7.50. The highest BCUT2D eigenvalue weighted by Gasteiger charge is 2.11. The molecule has 0 unspecified atom stereocenters. The standard InChI is InChI=1S/C19H17NO3S/c1-13-3-7-17(8-4-13)23-18(21)11-15-12-24-19(20-15)14-5-9-16(22-2)10-6-14/h3-10,12H,11H2,1-2H3. The number of carbonyl (C=O) groups excluding carboxylic acids is 1. The summed E-state index contributed by atoms with van der Waals surface area (Å²) in [6, 6.07) is 15.1. The quantitative estimate of drug-likeness (QED) is 0.514. The Morgan fingerprint density at radius 3 is 2.38 bits per heavy atom. The summed E-state index contributed by atoms with van der Waals surface area (Å²) in [6.07, 6.45) is 0.153. The summed E-state index contributed by atoms with van der Waals surface area (Å²) in [7, 11) is 1.64. The van der Waals surface area contributed by atoms with Crippen molar-refractivity contribution in [2.75, 3.05) is 7.11 Å². The lowest BCUT2D eigenvalue weighted by molar-refractivity contribution is -0.133. The molecule has 0 radical (unpaired) electrons. The molecule has 0 saturated carbocycles. The predicted molar refractivity (Wildman–Crippen MR) is 94.6 cm³/mol. The number of aryl methyl sites for hydroxylation is 1. The number of hydrogen-bond acceptors (Lipinski definition) is 5. The molecule has 122 valence electrons. The van der Waals surface area contributed by atoms with Gasteiger partial charge >= 0.3 is 5.97 Å². The van der Waals surface area contributed by atoms with Crippen LogP contribution < -0.4 is 9.47 Å². The van der Waals surface area contributed by atoms with Crippen molar-refractivity contribution in [1.82, 2.24) is 4.98 Å². The molecular formula is C19H17NO3S. The second-order valence-corrected chi connectivity index (χ2v) is 6.19. The van der Waals surface area contributed by atoms with E-state index in [9.17, 15) is 4.79 Å². The zero-order chi connectivity index (χ0) is 16.9. The molecule has 0 bridgehead atoms. The molecule has 24 heavy (non-hydrogen) atoms. The topological polar surface area (TPSA) is 48.4 Å². The van der Waals surface area contributed by atoms with E-state index in [0.29, 0.717) is 11.4 Å². The summed E-state index contributed by atoms with van der Waals surface area (Å²) in [5.74, 6) is 1.04. The average molecular weight is 339 g/mol. The molecular weight excluding hydrogens is 322 g/mol. The molecule has 0 amide bonds. The van der Waals surface area contributed by atoms with Crippen molar-refractivity contribution in [2.45, 2.75) is 13.3 Å². The number of ether oxygens (including phenoxy) is 2. The molecule has 3 rings (SSSR count). The van der Waals surface area contributed by atoms with Crippen LogP contribution in [-0.2, 0) is 11.2 Å². The van der Waals surface area contributed by atoms with Gasteiger partial charge in [-0.25, -0.2) is 4.98 Å². The molecule has 0 spiro atoms. The first-order chi connectivity index (χ1) is 11.6. The van der Waals surface area contributed by atoms with Crippen molar-refractivity contribution in [2.24, 2.45) is 0 Å². The number of nitrogens with zero attached hydrogens (tertiary/aromatic N) is 1. The van der Waals surface area contributed by atoms with Crippen LogP contribution in [0.25, 0.3) is 10.6 Å². The van der Waals surface area contributed by atoms with Crippen LogP contribution in [0, 0.1) is 6.92 Å². The molecule has 4 nitrogen and oxygen atoms in total. The predicted octanol–water partition coefficient (Wildman–Crippen LogP) is 4.28. The molecule has 0 atom stereocenters. The van der Waals surface area contributed by atoms with Crippen LogP contribution in [0.15, 0.2) is 53.9 Å². The third kappa shape index (κ3) is 4.00. The van der Waals surface area contributed by atoms with E-state index < -0.39 is 0 Å². The Balaban J connectivity index is 1.64. The Kier molecular flexibility index (Phi) is 4.91. The molecule has 1 heterocycles. The molecule has 3 aromatic rings. The molecule has 0 aliphatic carbocycles. The molecule has 0 N–H and O–H groups in total. The van der Waals surface area contributed by atoms with E-state index in [2.05, 4.69) is 4.98 Å². The van der Waals surface area contributed by atoms with E-state index in [1.165, 1.54) is 11.3 Å². The monoisotopic (exact) mass is 339 g/mol. The second kappa shape index (κ2) is 7.27. The van der Waals surface area contributed by atoms with Crippen LogP contribution in [0.3, 0.4) is 0 Å². The Morgan fingerprint density at radius 2 is 1.71 bits per heavy atom. The van der Waals surface area contributed by atoms with Gasteiger partial charge in [-0.1, -0.05) is 17.7 Å². The van der Waals surface area contributed by atoms with E-state index >= 15 is 0 Å². The number of thiazole rings is 1. The van der Waals surface area contributed by atoms with Gasteiger partial charge in [0, 0.05) is 10.9 Å². The third-order valence-corrected chi connectivity index (χ3v) is 4.41. The summed E-state index contributed by atoms with van der Waals surface area (Å²) < 4.78 is 10.5. The van der Waals surface area contributed by atoms with Crippen LogP contribution in [0.4, 0.5) is 0 Å². The van der Waals surface area contributed by atoms with Crippen molar-refractivity contribution in [3.05, 3.63) is 65.2 Å². The van der Waals surface area contributed by atoms with Gasteiger partial charge in [0.25, 0.3) is 0 Å². The second-order valence-electron chi connectivity index (χ2n) is 5.34. The fourth-order valence-corrected chi connectivity index (χ4v) is 3.00. The maximum atomic E-state index is 12.0. The van der Waals surface area contributed by atoms with Gasteiger partial charge < -0.3 is 9.47 Å². The number of aromatic nitrogens is 1. The highest BCUT2D eigenvalue weighted by atomic mass is 32.1. The summed E-state index contributed by atoms with van der Waals surface area (Å²) in [4.78, 5) is 16.5. The Bertz CT molecular complexity index is 823. The van der Waals surface area contributed by atoms with Crippen molar-refractivity contribution in [3.63, 3.8) is 0 Å². The summed E-state index contributed by atoms with van der Waals surface area (Å²) >= 11 is 1.51. The normalized spacial score (nSPS) is 10.4. The fraction of sp³-hybridized carbons (Fsp3) is 0.158. The number of rotatable bonds is 5. The molecule has 5 heteroatoms. The van der Waals surface area contributed by atoms with Gasteiger partial charge in [-0.3, -0.25) is 4.79 Å². The van der Waals surface area contributed by atoms with Crippen molar-refractivity contribution < 1.29 is 14.3 Å². The SMILES string of the molecule is COc1ccc(-c2nc(CC(=O)Oc3ccc(C)cc3)cs2)cc1. The number of carbonyl (C=O) groups is 1. The van der Waals surface area contributed by atoms with E-state index in [1.54, 1.807) is 19.2 Å². The lowest BCUT2D eigenvalue weighted by atomic mass is 10.2. The zero-order valence-electron chi connectivity index (χ0n) is 13.5. The van der Waals surface area contributed by atoms with Crippen LogP contribution >= 0.6 is 11.3 Å². The largest absolute Gasteiger partial charge is 0.497 e. The van der Waals surface area contributed by atoms with Gasteiger partial charge in [-0.2, -0.15) is 0 Å². The highest BCUT2D eigenvalue weighted by molar-refractivity contribution is 7.13. The van der Waals surface area contributed by atoms with Gasteiger partial charge in [0.05, 0.1) is 19.2 Å². The van der Waals surface area contributed by atoms with Gasteiger partial charge in [-0.15, -0.1) is 11.3 Å². The van der Waals surface area contributed by atoms with E-state index in [1.807, 2.05) is 48.7 Å². The highest BCUT2D eigenvalue weighted by Crippen LogP contribution is 2.26. The number of methoxy groups -OCH3 is 1. The van der Waals surface area contributed by atoms with Crippen molar-refractivity contribution in [1.29, 1.82) is 0 Å². The van der Waals surface area contributed by atoms with Crippen LogP contribution in [-0.4, -0.2) is 18.1 Å². The van der Waals surface area contributed by atoms with Crippen molar-refractivity contribution in [3.8, 4) is 22.1 Å². The smallest absolute Gasteiger partial charge is 0.317 e. The fourth-order valence-electron chi connectivity index (χ4n) is 2.18. The van der Waals surface area contributed by atoms with Crippen molar-refractivity contribution >= 4 is 17.3 Å². The van der Waals surface area contributed by atoms with E-state index in [-0.39, 0.29) is 12.4 Å². The summed E-state index contributed by atoms with van der Waals surface area (Å²) in [5.41, 5.74) is 2.83. The minimum Gasteiger partial charge on any atom is -0.497 e. The Hall–Kier alpha value is -2.66. The Labute approximate surface area is 144 Å². The van der Waals surface area contributed by atoms with E-state index in [4.69, 9.17) is 9.47 Å². The third-order valence-electron chi connectivity index (χ3n) is 3.47. The lowest BCUT2D eigenvalue weighted by Gasteiger charge is -2.03. The maximum Gasteiger partial charge on any atom is 0.317 e. The minimum absolute atomic E-state index is 0.153. The molecule has 0 aliphatic rings. The summed E-state index contributed by atoms with van der Waals surface area (Å²) in [6.45, 7) is 1.99. The number of hydrogen-bond donors (Lipinski definition) is 0. The number of esters is 1. The summed E-state index contributed by atoms with van der Waals surface area (Å²) in [5, 5.41) is 2.76. The maximum absolute atomic E-state index is 12.0. The first-order valence-corrected chi connectivity index (χ1v) is 8.38. The van der Waals surface area contributed by atoms with Crippen LogP contribution in [0.5, 0.6) is 11.5 Å². The number of benzene rings is 2. The lowest BCUT2D eigenvalue weighted by Crippen LogP contribution is -2.11. The van der Waals surface area contributed by atoms with Gasteiger partial charge in [-0.05, 0) is 43.3 Å². The van der Waals surface area contributed by atoms with Crippen LogP contribution in [0.2, 0.25) is 0 Å². The van der Waals surface area contributed by atoms with Gasteiger partial charge in [0.2, 0.25) is 0 Å². The first kappa shape index (κ1) is 16.2. The average Bonchev–Trinajstić information content (AvgIpc) is 3.05. The Morgan fingerprint density at radius 1 is 1.04 bits per heavy atom. The minimum atomic E-state index is -0.314. The molecule has 0 fully saturated rings. The zero-order valence-corrected chi connectivity index (χ0v) is 14.3. The molecule has 1 aromatic heterocycles.